The molecular weight excluding hydrogens is 220 g/mol. The molecule has 5 heteroatoms. The number of carboxylic acid groups (broad SMARTS) is 1. The number of pyridine rings is 1. The van der Waals surface area contributed by atoms with Crippen LogP contribution in [0.5, 0.6) is 0 Å². The molecule has 1 aliphatic carbocycles. The summed E-state index contributed by atoms with van der Waals surface area (Å²) in [6, 6.07) is 5.20. The number of aromatic nitrogens is 1. The van der Waals surface area contributed by atoms with Gasteiger partial charge in [-0.3, -0.25) is 14.5 Å². The molecule has 1 aliphatic rings. The first-order valence-corrected chi connectivity index (χ1v) is 5.50. The average molecular weight is 234 g/mol. The Morgan fingerprint density at radius 3 is 2.53 bits per heavy atom. The van der Waals surface area contributed by atoms with Gasteiger partial charge >= 0.3 is 5.97 Å². The molecule has 5 nitrogen and oxygen atoms in total. The Morgan fingerprint density at radius 1 is 1.41 bits per heavy atom. The third-order valence-corrected chi connectivity index (χ3v) is 3.32. The number of aliphatic carboxylic acids is 1. The smallest absolute Gasteiger partial charge is 0.319 e. The SMILES string of the molecule is CN(C(=O)C1(C(=O)O)CCC1)c1ccccn1. The summed E-state index contributed by atoms with van der Waals surface area (Å²) < 4.78 is 0. The number of hydrogen-bond acceptors (Lipinski definition) is 3. The lowest BCUT2D eigenvalue weighted by Crippen LogP contribution is -2.51. The summed E-state index contributed by atoms with van der Waals surface area (Å²) in [5, 5.41) is 9.18. The van der Waals surface area contributed by atoms with Gasteiger partial charge in [-0.25, -0.2) is 4.98 Å². The second-order valence-corrected chi connectivity index (χ2v) is 4.29. The number of nitrogens with zero attached hydrogens (tertiary/aromatic N) is 2. The summed E-state index contributed by atoms with van der Waals surface area (Å²) >= 11 is 0. The molecule has 1 aromatic rings. The highest BCUT2D eigenvalue weighted by Crippen LogP contribution is 2.43. The highest BCUT2D eigenvalue weighted by molar-refractivity contribution is 6.09. The summed E-state index contributed by atoms with van der Waals surface area (Å²) in [5.41, 5.74) is -1.23. The molecule has 0 radical (unpaired) electrons. The number of anilines is 1. The predicted molar refractivity (Wildman–Crippen MR) is 61.6 cm³/mol. The van der Waals surface area contributed by atoms with Crippen LogP contribution in [-0.2, 0) is 9.59 Å². The Balaban J connectivity index is 2.23. The maximum Gasteiger partial charge on any atom is 0.319 e. The highest BCUT2D eigenvalue weighted by atomic mass is 16.4. The number of carbonyl (C=O) groups is 2. The van der Waals surface area contributed by atoms with Crippen molar-refractivity contribution in [1.29, 1.82) is 0 Å². The van der Waals surface area contributed by atoms with Crippen LogP contribution >= 0.6 is 0 Å². The second kappa shape index (κ2) is 4.16. The minimum atomic E-state index is -1.23. The van der Waals surface area contributed by atoms with Gasteiger partial charge in [-0.05, 0) is 25.0 Å². The number of carbonyl (C=O) groups excluding carboxylic acids is 1. The van der Waals surface area contributed by atoms with Gasteiger partial charge in [0.05, 0.1) is 0 Å². The summed E-state index contributed by atoms with van der Waals surface area (Å²) in [6.07, 6.45) is 3.19. The van der Waals surface area contributed by atoms with Gasteiger partial charge in [-0.15, -0.1) is 0 Å². The first-order chi connectivity index (χ1) is 8.08. The lowest BCUT2D eigenvalue weighted by atomic mass is 9.68. The zero-order chi connectivity index (χ0) is 12.5. The van der Waals surface area contributed by atoms with E-state index in [0.29, 0.717) is 18.7 Å². The third kappa shape index (κ3) is 1.77. The maximum absolute atomic E-state index is 12.2. The minimum absolute atomic E-state index is 0.380. The first kappa shape index (κ1) is 11.6. The van der Waals surface area contributed by atoms with Gasteiger partial charge in [0.1, 0.15) is 11.2 Å². The van der Waals surface area contributed by atoms with E-state index in [1.165, 1.54) is 4.90 Å². The fraction of sp³-hybridized carbons (Fsp3) is 0.417. The zero-order valence-corrected chi connectivity index (χ0v) is 9.59. The summed E-state index contributed by atoms with van der Waals surface area (Å²) in [7, 11) is 1.56. The van der Waals surface area contributed by atoms with Gasteiger partial charge < -0.3 is 5.11 Å². The standard InChI is InChI=1S/C12H14N2O3/c1-14(9-5-2-3-8-13-9)10(15)12(11(16)17)6-4-7-12/h2-3,5,8H,4,6-7H2,1H3,(H,16,17). The van der Waals surface area contributed by atoms with Crippen LogP contribution in [0.3, 0.4) is 0 Å². The van der Waals surface area contributed by atoms with Gasteiger partial charge in [-0.2, -0.15) is 0 Å². The van der Waals surface area contributed by atoms with Crippen LogP contribution in [0.4, 0.5) is 5.82 Å². The summed E-state index contributed by atoms with van der Waals surface area (Å²) in [4.78, 5) is 28.8. The molecule has 1 aromatic heterocycles. The molecule has 90 valence electrons. The number of rotatable bonds is 3. The van der Waals surface area contributed by atoms with Crippen LogP contribution in [0.1, 0.15) is 19.3 Å². The summed E-state index contributed by atoms with van der Waals surface area (Å²) in [5.74, 6) is -0.934. The molecule has 2 rings (SSSR count). The first-order valence-electron chi connectivity index (χ1n) is 5.50. The molecule has 17 heavy (non-hydrogen) atoms. The Labute approximate surface area is 99.1 Å². The van der Waals surface area contributed by atoms with Gasteiger partial charge in [0.15, 0.2) is 0 Å². The van der Waals surface area contributed by atoms with Crippen molar-refractivity contribution in [3.63, 3.8) is 0 Å². The van der Waals surface area contributed by atoms with Crippen molar-refractivity contribution in [3.8, 4) is 0 Å². The Kier molecular flexibility index (Phi) is 2.83. The molecule has 0 unspecified atom stereocenters. The zero-order valence-electron chi connectivity index (χ0n) is 9.59. The number of hydrogen-bond donors (Lipinski definition) is 1. The summed E-state index contributed by atoms with van der Waals surface area (Å²) in [6.45, 7) is 0. The fourth-order valence-electron chi connectivity index (χ4n) is 2.03. The van der Waals surface area contributed by atoms with E-state index in [2.05, 4.69) is 4.98 Å². The molecule has 1 saturated carbocycles. The molecule has 0 aromatic carbocycles. The second-order valence-electron chi connectivity index (χ2n) is 4.29. The lowest BCUT2D eigenvalue weighted by Gasteiger charge is -2.38. The molecule has 1 fully saturated rings. The molecule has 0 saturated heterocycles. The van der Waals surface area contributed by atoms with E-state index in [1.54, 1.807) is 31.4 Å². The van der Waals surface area contributed by atoms with E-state index in [1.807, 2.05) is 0 Å². The molecule has 0 spiro atoms. The van der Waals surface area contributed by atoms with Gasteiger partial charge in [-0.1, -0.05) is 12.5 Å². The number of amides is 1. The lowest BCUT2D eigenvalue weighted by molar-refractivity contribution is -0.160. The predicted octanol–water partition coefficient (Wildman–Crippen LogP) is 1.30. The van der Waals surface area contributed by atoms with Crippen LogP contribution in [0.15, 0.2) is 24.4 Å². The van der Waals surface area contributed by atoms with Crippen molar-refractivity contribution < 1.29 is 14.7 Å². The normalized spacial score (nSPS) is 17.0. The van der Waals surface area contributed by atoms with E-state index < -0.39 is 11.4 Å². The van der Waals surface area contributed by atoms with Crippen LogP contribution < -0.4 is 4.90 Å². The van der Waals surface area contributed by atoms with Crippen LogP contribution in [-0.4, -0.2) is 29.0 Å². The van der Waals surface area contributed by atoms with Crippen molar-refractivity contribution in [3.05, 3.63) is 24.4 Å². The quantitative estimate of drug-likeness (QED) is 0.800. The Bertz CT molecular complexity index is 440. The molecular formula is C12H14N2O3. The Hall–Kier alpha value is -1.91. The van der Waals surface area contributed by atoms with Crippen molar-refractivity contribution in [2.24, 2.45) is 5.41 Å². The highest BCUT2D eigenvalue weighted by Gasteiger charge is 2.52. The van der Waals surface area contributed by atoms with Crippen LogP contribution in [0.2, 0.25) is 0 Å². The maximum atomic E-state index is 12.2. The third-order valence-electron chi connectivity index (χ3n) is 3.32. The van der Waals surface area contributed by atoms with E-state index >= 15 is 0 Å². The molecule has 0 bridgehead atoms. The minimum Gasteiger partial charge on any atom is -0.480 e. The van der Waals surface area contributed by atoms with E-state index in [9.17, 15) is 14.7 Å². The van der Waals surface area contributed by atoms with Crippen molar-refractivity contribution in [1.82, 2.24) is 4.98 Å². The van der Waals surface area contributed by atoms with E-state index in [4.69, 9.17) is 0 Å². The van der Waals surface area contributed by atoms with Crippen molar-refractivity contribution in [2.75, 3.05) is 11.9 Å². The van der Waals surface area contributed by atoms with Crippen molar-refractivity contribution in [2.45, 2.75) is 19.3 Å². The molecule has 1 amide bonds. The van der Waals surface area contributed by atoms with Crippen LogP contribution in [0.25, 0.3) is 0 Å². The topological polar surface area (TPSA) is 70.5 Å². The van der Waals surface area contributed by atoms with Crippen LogP contribution in [0, 0.1) is 5.41 Å². The van der Waals surface area contributed by atoms with E-state index in [-0.39, 0.29) is 5.91 Å². The van der Waals surface area contributed by atoms with Crippen molar-refractivity contribution >= 4 is 17.7 Å². The number of carboxylic acids is 1. The molecule has 0 aliphatic heterocycles. The van der Waals surface area contributed by atoms with Gasteiger partial charge in [0.2, 0.25) is 5.91 Å². The monoisotopic (exact) mass is 234 g/mol. The Morgan fingerprint density at radius 2 is 2.12 bits per heavy atom. The van der Waals surface area contributed by atoms with Gasteiger partial charge in [0.25, 0.3) is 0 Å². The fourth-order valence-corrected chi connectivity index (χ4v) is 2.03. The molecule has 1 N–H and O–H groups in total. The molecule has 0 atom stereocenters. The molecule has 1 heterocycles. The van der Waals surface area contributed by atoms with E-state index in [0.717, 1.165) is 6.42 Å². The van der Waals surface area contributed by atoms with Gasteiger partial charge in [0, 0.05) is 13.2 Å². The largest absolute Gasteiger partial charge is 0.480 e. The average Bonchev–Trinajstić information content (AvgIpc) is 2.27.